The van der Waals surface area contributed by atoms with Crippen LogP contribution < -0.4 is 5.32 Å². The van der Waals surface area contributed by atoms with Crippen LogP contribution in [0.3, 0.4) is 0 Å². The molecule has 7 nitrogen and oxygen atoms in total. The van der Waals surface area contributed by atoms with Gasteiger partial charge in [0.05, 0.1) is 18.7 Å². The van der Waals surface area contributed by atoms with E-state index in [0.717, 1.165) is 55.1 Å². The van der Waals surface area contributed by atoms with Crippen LogP contribution in [0.25, 0.3) is 0 Å². The summed E-state index contributed by atoms with van der Waals surface area (Å²) in [6.07, 6.45) is 2.42. The molecule has 2 aromatic carbocycles. The van der Waals surface area contributed by atoms with Crippen molar-refractivity contribution < 1.29 is 14.7 Å². The maximum absolute atomic E-state index is 12.7. The van der Waals surface area contributed by atoms with E-state index >= 15 is 0 Å². The Morgan fingerprint density at radius 3 is 2.27 bits per heavy atom. The smallest absolute Gasteiger partial charge is 0.238 e. The standard InChI is InChI=1S/C30H38N4O3/c1-21-4-6-24(7-5-21)25-17-28(35)27(29(36)18-25)19-31-8-9-33-10-12-34(13-11-33)20-30(37)32-26-15-22(2)14-23(3)16-26/h4-7,14-16,19,25,35H,8-13,17-18,20H2,1-3H3,(H,32,37). The maximum atomic E-state index is 12.7. The predicted octanol–water partition coefficient (Wildman–Crippen LogP) is 4.20. The molecule has 0 bridgehead atoms. The number of allylic oxidation sites excluding steroid dienone is 2. The molecule has 1 fully saturated rings. The SMILES string of the molecule is Cc1ccc(C2CC(=O)C(C=NCCN3CCN(CC(=O)Nc4cc(C)cc(C)c4)CC3)=C(O)C2)cc1. The van der Waals surface area contributed by atoms with E-state index in [1.54, 1.807) is 6.21 Å². The highest BCUT2D eigenvalue weighted by Crippen LogP contribution is 2.33. The number of aryl methyl sites for hydroxylation is 3. The third-order valence-electron chi connectivity index (χ3n) is 7.13. The summed E-state index contributed by atoms with van der Waals surface area (Å²) in [5, 5.41) is 13.5. The molecule has 1 aliphatic carbocycles. The second kappa shape index (κ2) is 12.3. The van der Waals surface area contributed by atoms with Gasteiger partial charge in [0.1, 0.15) is 5.76 Å². The molecule has 196 valence electrons. The van der Waals surface area contributed by atoms with E-state index in [1.807, 2.05) is 57.2 Å². The van der Waals surface area contributed by atoms with Crippen LogP contribution in [0, 0.1) is 20.8 Å². The molecule has 0 saturated carbocycles. The molecule has 1 heterocycles. The third-order valence-corrected chi connectivity index (χ3v) is 7.13. The highest BCUT2D eigenvalue weighted by molar-refractivity contribution is 6.14. The summed E-state index contributed by atoms with van der Waals surface area (Å²) in [5.41, 5.74) is 5.74. The minimum atomic E-state index is -0.0502. The van der Waals surface area contributed by atoms with Crippen molar-refractivity contribution in [3.63, 3.8) is 0 Å². The molecule has 7 heteroatoms. The maximum Gasteiger partial charge on any atom is 0.238 e. The lowest BCUT2D eigenvalue weighted by Gasteiger charge is -2.33. The van der Waals surface area contributed by atoms with Crippen molar-refractivity contribution in [1.82, 2.24) is 9.80 Å². The first-order chi connectivity index (χ1) is 17.8. The summed E-state index contributed by atoms with van der Waals surface area (Å²) in [6.45, 7) is 11.2. The minimum absolute atomic E-state index is 0.0119. The lowest BCUT2D eigenvalue weighted by Crippen LogP contribution is -2.49. The number of aliphatic imine (C=N–C) groups is 1. The number of benzene rings is 2. The van der Waals surface area contributed by atoms with E-state index in [0.29, 0.717) is 31.5 Å². The van der Waals surface area contributed by atoms with Crippen molar-refractivity contribution in [2.75, 3.05) is 51.1 Å². The first-order valence-electron chi connectivity index (χ1n) is 13.1. The number of ketones is 1. The number of carbonyl (C=O) groups excluding carboxylic acids is 2. The molecule has 1 atom stereocenters. The molecule has 1 unspecified atom stereocenters. The number of aliphatic hydroxyl groups excluding tert-OH is 1. The molecule has 1 aliphatic heterocycles. The molecule has 2 N–H and O–H groups in total. The van der Waals surface area contributed by atoms with Crippen LogP contribution in [0.4, 0.5) is 5.69 Å². The Labute approximate surface area is 219 Å². The van der Waals surface area contributed by atoms with Gasteiger partial charge in [-0.05, 0) is 55.5 Å². The number of carbonyl (C=O) groups is 2. The Kier molecular flexibility index (Phi) is 8.90. The van der Waals surface area contributed by atoms with E-state index < -0.39 is 0 Å². The van der Waals surface area contributed by atoms with E-state index in [9.17, 15) is 14.7 Å². The average molecular weight is 503 g/mol. The van der Waals surface area contributed by atoms with Gasteiger partial charge in [0.25, 0.3) is 0 Å². The van der Waals surface area contributed by atoms with Crippen molar-refractivity contribution in [1.29, 1.82) is 0 Å². The normalized spacial score (nSPS) is 19.5. The highest BCUT2D eigenvalue weighted by atomic mass is 16.3. The van der Waals surface area contributed by atoms with Gasteiger partial charge in [0, 0.05) is 57.5 Å². The Hall–Kier alpha value is -3.29. The number of hydrogen-bond donors (Lipinski definition) is 2. The highest BCUT2D eigenvalue weighted by Gasteiger charge is 2.27. The summed E-state index contributed by atoms with van der Waals surface area (Å²) >= 11 is 0. The van der Waals surface area contributed by atoms with Gasteiger partial charge in [0.15, 0.2) is 5.78 Å². The summed E-state index contributed by atoms with van der Waals surface area (Å²) < 4.78 is 0. The molecule has 1 saturated heterocycles. The molecule has 0 spiro atoms. The van der Waals surface area contributed by atoms with Gasteiger partial charge in [-0.15, -0.1) is 0 Å². The van der Waals surface area contributed by atoms with Crippen molar-refractivity contribution in [2.45, 2.75) is 39.5 Å². The Balaban J connectivity index is 1.18. The molecular formula is C30H38N4O3. The summed E-state index contributed by atoms with van der Waals surface area (Å²) in [7, 11) is 0. The van der Waals surface area contributed by atoms with Gasteiger partial charge in [0.2, 0.25) is 5.91 Å². The number of hydrogen-bond acceptors (Lipinski definition) is 6. The first kappa shape index (κ1) is 26.8. The number of nitrogens with zero attached hydrogens (tertiary/aromatic N) is 3. The zero-order chi connectivity index (χ0) is 26.4. The van der Waals surface area contributed by atoms with E-state index in [4.69, 9.17) is 0 Å². The predicted molar refractivity (Wildman–Crippen MR) is 149 cm³/mol. The van der Waals surface area contributed by atoms with Crippen LogP contribution in [-0.4, -0.2) is 78.6 Å². The number of piperazine rings is 1. The number of nitrogens with one attached hydrogen (secondary N) is 1. The molecular weight excluding hydrogens is 464 g/mol. The molecule has 0 aromatic heterocycles. The Morgan fingerprint density at radius 1 is 0.973 bits per heavy atom. The lowest BCUT2D eigenvalue weighted by atomic mass is 9.83. The van der Waals surface area contributed by atoms with Crippen molar-refractivity contribution in [3.8, 4) is 0 Å². The van der Waals surface area contributed by atoms with Crippen LogP contribution in [0.1, 0.15) is 41.0 Å². The van der Waals surface area contributed by atoms with E-state index in [1.165, 1.54) is 5.56 Å². The zero-order valence-corrected chi connectivity index (χ0v) is 22.2. The third kappa shape index (κ3) is 7.60. The molecule has 2 aromatic rings. The van der Waals surface area contributed by atoms with Gasteiger partial charge in [-0.3, -0.25) is 24.4 Å². The fourth-order valence-corrected chi connectivity index (χ4v) is 5.11. The van der Waals surface area contributed by atoms with Crippen LogP contribution in [-0.2, 0) is 9.59 Å². The molecule has 4 rings (SSSR count). The molecule has 2 aliphatic rings. The zero-order valence-electron chi connectivity index (χ0n) is 22.2. The largest absolute Gasteiger partial charge is 0.511 e. The van der Waals surface area contributed by atoms with E-state index in [-0.39, 0.29) is 23.4 Å². The second-order valence-corrected chi connectivity index (χ2v) is 10.4. The van der Waals surface area contributed by atoms with Gasteiger partial charge in [-0.1, -0.05) is 35.9 Å². The van der Waals surface area contributed by atoms with Crippen molar-refractivity contribution in [3.05, 3.63) is 76.1 Å². The Bertz CT molecular complexity index is 1160. The fourth-order valence-electron chi connectivity index (χ4n) is 5.11. The van der Waals surface area contributed by atoms with Crippen LogP contribution in [0.15, 0.2) is 58.8 Å². The molecule has 0 radical (unpaired) electrons. The summed E-state index contributed by atoms with van der Waals surface area (Å²) in [6, 6.07) is 14.2. The van der Waals surface area contributed by atoms with Crippen LogP contribution in [0.2, 0.25) is 0 Å². The second-order valence-electron chi connectivity index (χ2n) is 10.4. The number of aliphatic hydroxyl groups is 1. The van der Waals surface area contributed by atoms with Gasteiger partial charge in [-0.25, -0.2) is 0 Å². The first-order valence-corrected chi connectivity index (χ1v) is 13.1. The monoisotopic (exact) mass is 502 g/mol. The molecule has 37 heavy (non-hydrogen) atoms. The fraction of sp³-hybridized carbons (Fsp3) is 0.433. The number of Topliss-reactive ketones (excluding diaryl/α,β-unsaturated/α-hetero) is 1. The topological polar surface area (TPSA) is 85.2 Å². The van der Waals surface area contributed by atoms with Gasteiger partial charge >= 0.3 is 0 Å². The number of anilines is 1. The quantitative estimate of drug-likeness (QED) is 0.529. The number of rotatable bonds is 8. The lowest BCUT2D eigenvalue weighted by molar-refractivity contribution is -0.118. The van der Waals surface area contributed by atoms with Gasteiger partial charge in [-0.2, -0.15) is 0 Å². The Morgan fingerprint density at radius 2 is 1.62 bits per heavy atom. The number of amides is 1. The van der Waals surface area contributed by atoms with Gasteiger partial charge < -0.3 is 10.4 Å². The van der Waals surface area contributed by atoms with Crippen LogP contribution >= 0.6 is 0 Å². The minimum Gasteiger partial charge on any atom is -0.511 e. The molecule has 1 amide bonds. The average Bonchev–Trinajstić information content (AvgIpc) is 2.83. The summed E-state index contributed by atoms with van der Waals surface area (Å²) in [4.78, 5) is 34.1. The summed E-state index contributed by atoms with van der Waals surface area (Å²) in [5.74, 6) is 0.117. The van der Waals surface area contributed by atoms with Crippen molar-refractivity contribution in [2.24, 2.45) is 4.99 Å². The van der Waals surface area contributed by atoms with E-state index in [2.05, 4.69) is 26.2 Å². The van der Waals surface area contributed by atoms with Crippen molar-refractivity contribution >= 4 is 23.6 Å². The van der Waals surface area contributed by atoms with Crippen LogP contribution in [0.5, 0.6) is 0 Å².